The molecule has 0 aliphatic heterocycles. The van der Waals surface area contributed by atoms with Crippen molar-refractivity contribution < 1.29 is 9.53 Å². The summed E-state index contributed by atoms with van der Waals surface area (Å²) < 4.78 is 5.00. The van der Waals surface area contributed by atoms with E-state index in [1.54, 1.807) is 12.1 Å². The summed E-state index contributed by atoms with van der Waals surface area (Å²) in [5.41, 5.74) is 2.52. The van der Waals surface area contributed by atoms with Gasteiger partial charge in [-0.3, -0.25) is 4.79 Å². The minimum Gasteiger partial charge on any atom is -0.427 e. The topological polar surface area (TPSA) is 73.9 Å². The van der Waals surface area contributed by atoms with Gasteiger partial charge in [0.15, 0.2) is 0 Å². The first-order chi connectivity index (χ1) is 8.47. The number of rotatable bonds is 2. The molecule has 0 saturated heterocycles. The van der Waals surface area contributed by atoms with Crippen molar-refractivity contribution in [3.05, 3.63) is 34.4 Å². The molecular formula is C14H12N2O2. The number of esters is 1. The van der Waals surface area contributed by atoms with E-state index < -0.39 is 0 Å². The maximum absolute atomic E-state index is 10.9. The molecule has 0 N–H and O–H groups in total. The van der Waals surface area contributed by atoms with Gasteiger partial charge in [-0.05, 0) is 48.7 Å². The lowest BCUT2D eigenvalue weighted by molar-refractivity contribution is -0.131. The second-order valence-electron chi connectivity index (χ2n) is 3.85. The molecule has 0 saturated carbocycles. The SMILES string of the molecule is CC(=O)Oc1cc(C)c(C=C(C#N)C#N)c(C)c1. The molecule has 0 atom stereocenters. The van der Waals surface area contributed by atoms with E-state index in [1.165, 1.54) is 13.0 Å². The Bertz CT molecular complexity index is 562. The lowest BCUT2D eigenvalue weighted by Crippen LogP contribution is -2.02. The lowest BCUT2D eigenvalue weighted by Gasteiger charge is -2.09. The summed E-state index contributed by atoms with van der Waals surface area (Å²) in [5, 5.41) is 17.5. The molecule has 0 bridgehead atoms. The van der Waals surface area contributed by atoms with Crippen molar-refractivity contribution in [3.63, 3.8) is 0 Å². The van der Waals surface area contributed by atoms with E-state index in [0.717, 1.165) is 16.7 Å². The molecule has 18 heavy (non-hydrogen) atoms. The van der Waals surface area contributed by atoms with Crippen LogP contribution in [0.4, 0.5) is 0 Å². The van der Waals surface area contributed by atoms with Crippen LogP contribution in [0.1, 0.15) is 23.6 Å². The number of hydrogen-bond acceptors (Lipinski definition) is 4. The van der Waals surface area contributed by atoms with E-state index in [4.69, 9.17) is 15.3 Å². The average Bonchev–Trinajstić information content (AvgIpc) is 2.27. The first kappa shape index (κ1) is 13.5. The second kappa shape index (κ2) is 5.65. The molecule has 4 heteroatoms. The smallest absolute Gasteiger partial charge is 0.308 e. The van der Waals surface area contributed by atoms with Crippen molar-refractivity contribution >= 4 is 12.0 Å². The van der Waals surface area contributed by atoms with Gasteiger partial charge >= 0.3 is 5.97 Å². The Balaban J connectivity index is 3.26. The number of allylic oxidation sites excluding steroid dienone is 1. The molecule has 0 fully saturated rings. The van der Waals surface area contributed by atoms with Gasteiger partial charge in [0.1, 0.15) is 23.5 Å². The quantitative estimate of drug-likeness (QED) is 0.452. The fourth-order valence-corrected chi connectivity index (χ4v) is 1.62. The highest BCUT2D eigenvalue weighted by Gasteiger charge is 2.07. The molecule has 0 aliphatic rings. The number of nitriles is 2. The predicted molar refractivity (Wildman–Crippen MR) is 66.4 cm³/mol. The zero-order chi connectivity index (χ0) is 13.7. The first-order valence-corrected chi connectivity index (χ1v) is 5.29. The Morgan fingerprint density at radius 3 is 2.11 bits per heavy atom. The molecule has 1 aromatic rings. The lowest BCUT2D eigenvalue weighted by atomic mass is 10.0. The van der Waals surface area contributed by atoms with Gasteiger partial charge in [-0.2, -0.15) is 10.5 Å². The maximum Gasteiger partial charge on any atom is 0.308 e. The van der Waals surface area contributed by atoms with E-state index in [1.807, 2.05) is 26.0 Å². The fourth-order valence-electron chi connectivity index (χ4n) is 1.62. The van der Waals surface area contributed by atoms with Crippen molar-refractivity contribution in [2.24, 2.45) is 0 Å². The number of nitrogens with zero attached hydrogens (tertiary/aromatic N) is 2. The number of ether oxygens (including phenoxy) is 1. The van der Waals surface area contributed by atoms with E-state index in [2.05, 4.69) is 0 Å². The van der Waals surface area contributed by atoms with Crippen LogP contribution in [0.2, 0.25) is 0 Å². The molecule has 0 amide bonds. The zero-order valence-corrected chi connectivity index (χ0v) is 10.4. The van der Waals surface area contributed by atoms with Gasteiger partial charge in [-0.15, -0.1) is 0 Å². The third kappa shape index (κ3) is 3.20. The number of carbonyl (C=O) groups is 1. The summed E-state index contributed by atoms with van der Waals surface area (Å²) in [6.07, 6.45) is 1.53. The summed E-state index contributed by atoms with van der Waals surface area (Å²) in [4.78, 5) is 10.9. The minimum atomic E-state index is -0.383. The van der Waals surface area contributed by atoms with E-state index in [-0.39, 0.29) is 11.5 Å². The van der Waals surface area contributed by atoms with Crippen molar-refractivity contribution in [1.29, 1.82) is 10.5 Å². The van der Waals surface area contributed by atoms with Crippen LogP contribution < -0.4 is 4.74 Å². The molecule has 1 aromatic carbocycles. The number of hydrogen-bond donors (Lipinski definition) is 0. The van der Waals surface area contributed by atoms with Gasteiger partial charge in [-0.25, -0.2) is 0 Å². The van der Waals surface area contributed by atoms with E-state index >= 15 is 0 Å². The highest BCUT2D eigenvalue weighted by Crippen LogP contribution is 2.24. The molecule has 90 valence electrons. The van der Waals surface area contributed by atoms with Crippen molar-refractivity contribution in [2.45, 2.75) is 20.8 Å². The van der Waals surface area contributed by atoms with E-state index in [9.17, 15) is 4.79 Å². The van der Waals surface area contributed by atoms with Crippen molar-refractivity contribution in [3.8, 4) is 17.9 Å². The Hall–Kier alpha value is -2.59. The average molecular weight is 240 g/mol. The van der Waals surface area contributed by atoms with Crippen LogP contribution in [0.25, 0.3) is 6.08 Å². The second-order valence-corrected chi connectivity index (χ2v) is 3.85. The molecule has 0 aromatic heterocycles. The number of carbonyl (C=O) groups excluding carboxylic acids is 1. The molecule has 0 spiro atoms. The molecule has 0 heterocycles. The third-order valence-electron chi connectivity index (χ3n) is 2.36. The van der Waals surface area contributed by atoms with Gasteiger partial charge in [0.25, 0.3) is 0 Å². The zero-order valence-electron chi connectivity index (χ0n) is 10.4. The molecular weight excluding hydrogens is 228 g/mol. The molecule has 0 unspecified atom stereocenters. The van der Waals surface area contributed by atoms with Crippen LogP contribution in [-0.2, 0) is 4.79 Å². The third-order valence-corrected chi connectivity index (χ3v) is 2.36. The van der Waals surface area contributed by atoms with Crippen LogP contribution in [0.3, 0.4) is 0 Å². The highest BCUT2D eigenvalue weighted by molar-refractivity contribution is 5.71. The Morgan fingerprint density at radius 2 is 1.72 bits per heavy atom. The van der Waals surface area contributed by atoms with Crippen LogP contribution in [0.15, 0.2) is 17.7 Å². The normalized spacial score (nSPS) is 8.94. The molecule has 1 rings (SSSR count). The van der Waals surface area contributed by atoms with Crippen molar-refractivity contribution in [1.82, 2.24) is 0 Å². The molecule has 0 aliphatic carbocycles. The number of benzene rings is 1. The van der Waals surface area contributed by atoms with Crippen LogP contribution >= 0.6 is 0 Å². The van der Waals surface area contributed by atoms with Gasteiger partial charge in [0, 0.05) is 6.92 Å². The summed E-state index contributed by atoms with van der Waals surface area (Å²) in [7, 11) is 0. The van der Waals surface area contributed by atoms with Gasteiger partial charge in [0.05, 0.1) is 0 Å². The molecule has 0 radical (unpaired) electrons. The van der Waals surface area contributed by atoms with Gasteiger partial charge in [-0.1, -0.05) is 0 Å². The standard InChI is InChI=1S/C14H12N2O2/c1-9-4-13(18-11(3)17)5-10(2)14(9)6-12(7-15)8-16/h4-6H,1-3H3. The fraction of sp³-hybridized carbons (Fsp3) is 0.214. The largest absolute Gasteiger partial charge is 0.427 e. The summed E-state index contributed by atoms with van der Waals surface area (Å²) in [5.74, 6) is 0.0805. The van der Waals surface area contributed by atoms with Crippen LogP contribution in [0, 0.1) is 36.5 Å². The Labute approximate surface area is 106 Å². The maximum atomic E-state index is 10.9. The van der Waals surface area contributed by atoms with Gasteiger partial charge in [0.2, 0.25) is 0 Å². The first-order valence-electron chi connectivity index (χ1n) is 5.29. The monoisotopic (exact) mass is 240 g/mol. The van der Waals surface area contributed by atoms with Gasteiger partial charge < -0.3 is 4.74 Å². The minimum absolute atomic E-state index is 0.0430. The summed E-state index contributed by atoms with van der Waals surface area (Å²) >= 11 is 0. The van der Waals surface area contributed by atoms with Crippen LogP contribution in [0.5, 0.6) is 5.75 Å². The summed E-state index contributed by atoms with van der Waals surface area (Å²) in [6.45, 7) is 5.00. The number of aryl methyl sites for hydroxylation is 2. The molecule has 4 nitrogen and oxygen atoms in total. The highest BCUT2D eigenvalue weighted by atomic mass is 16.5. The predicted octanol–water partition coefficient (Wildman–Crippen LogP) is 2.66. The van der Waals surface area contributed by atoms with Crippen molar-refractivity contribution in [2.75, 3.05) is 0 Å². The van der Waals surface area contributed by atoms with Crippen LogP contribution in [-0.4, -0.2) is 5.97 Å². The Morgan fingerprint density at radius 1 is 1.22 bits per heavy atom. The Kier molecular flexibility index (Phi) is 4.23. The summed E-state index contributed by atoms with van der Waals surface area (Å²) in [6, 6.07) is 7.03. The van der Waals surface area contributed by atoms with E-state index in [0.29, 0.717) is 5.75 Å².